The third kappa shape index (κ3) is 31.3. The number of hydrogen-bond donors (Lipinski definition) is 6. The Labute approximate surface area is 112 Å². The standard InChI is InChI=1S/C2H8B2O6.C2H6O2.Na.H/c5-3(6)9-1-2-10-4(7)8;3-1-2-4;;/h5-8H,1-2H2;3-4H,1-2H2;;/q;;+1;-1. The maximum Gasteiger partial charge on any atom is 1.00 e. The van der Waals surface area contributed by atoms with E-state index in [1.54, 1.807) is 0 Å². The van der Waals surface area contributed by atoms with Gasteiger partial charge in [-0.1, -0.05) is 0 Å². The summed E-state index contributed by atoms with van der Waals surface area (Å²) in [5.41, 5.74) is 0. The van der Waals surface area contributed by atoms with E-state index in [1.165, 1.54) is 0 Å². The van der Waals surface area contributed by atoms with Crippen LogP contribution in [0.1, 0.15) is 1.43 Å². The molecule has 86 valence electrons. The summed E-state index contributed by atoms with van der Waals surface area (Å²) in [5.74, 6) is 0. The molecule has 0 radical (unpaired) electrons. The number of aliphatic hydroxyl groups excluding tert-OH is 2. The largest absolute Gasteiger partial charge is 1.00 e. The molecule has 0 unspecified atom stereocenters. The van der Waals surface area contributed by atoms with Gasteiger partial charge in [0.2, 0.25) is 0 Å². The van der Waals surface area contributed by atoms with Gasteiger partial charge in [0.15, 0.2) is 0 Å². The third-order valence-corrected chi connectivity index (χ3v) is 0.717. The zero-order valence-electron chi connectivity index (χ0n) is 9.48. The van der Waals surface area contributed by atoms with Crippen LogP contribution in [0.15, 0.2) is 0 Å². The molecule has 0 aromatic carbocycles. The van der Waals surface area contributed by atoms with Gasteiger partial charge in [0.25, 0.3) is 0 Å². The van der Waals surface area contributed by atoms with Gasteiger partial charge in [-0.15, -0.1) is 0 Å². The first-order valence-corrected chi connectivity index (χ1v) is 3.71. The second-order valence-corrected chi connectivity index (χ2v) is 1.84. The SMILES string of the molecule is OB(O)OCCOB(O)O.OCCO.[H-].[Na+]. The van der Waals surface area contributed by atoms with Crippen molar-refractivity contribution in [1.82, 2.24) is 0 Å². The van der Waals surface area contributed by atoms with Crippen molar-refractivity contribution in [2.24, 2.45) is 0 Å². The van der Waals surface area contributed by atoms with Crippen molar-refractivity contribution in [3.8, 4) is 0 Å². The Morgan fingerprint density at radius 1 is 0.800 bits per heavy atom. The molecule has 0 aliphatic rings. The van der Waals surface area contributed by atoms with Gasteiger partial charge in [-0.05, 0) is 0 Å². The van der Waals surface area contributed by atoms with Gasteiger partial charge in [-0.3, -0.25) is 0 Å². The molecule has 0 spiro atoms. The van der Waals surface area contributed by atoms with Gasteiger partial charge in [0.05, 0.1) is 26.4 Å². The van der Waals surface area contributed by atoms with Crippen LogP contribution in [0.2, 0.25) is 0 Å². The minimum absolute atomic E-state index is 0. The van der Waals surface area contributed by atoms with E-state index in [0.717, 1.165) is 0 Å². The van der Waals surface area contributed by atoms with Crippen LogP contribution >= 0.6 is 0 Å². The average molecular weight is 236 g/mol. The van der Waals surface area contributed by atoms with Gasteiger partial charge >= 0.3 is 44.2 Å². The summed E-state index contributed by atoms with van der Waals surface area (Å²) in [6, 6.07) is 0. The maximum absolute atomic E-state index is 8.07. The van der Waals surface area contributed by atoms with E-state index in [9.17, 15) is 0 Å². The first-order valence-electron chi connectivity index (χ1n) is 3.71. The first kappa shape index (κ1) is 21.1. The molecule has 0 atom stereocenters. The Bertz CT molecular complexity index is 100. The molecule has 0 aromatic rings. The van der Waals surface area contributed by atoms with E-state index >= 15 is 0 Å². The molecule has 0 saturated heterocycles. The monoisotopic (exact) mass is 236 g/mol. The van der Waals surface area contributed by atoms with Crippen molar-refractivity contribution in [2.45, 2.75) is 0 Å². The molecule has 6 N–H and O–H groups in total. The van der Waals surface area contributed by atoms with Crippen molar-refractivity contribution in [2.75, 3.05) is 26.4 Å². The maximum atomic E-state index is 8.07. The van der Waals surface area contributed by atoms with E-state index in [-0.39, 0.29) is 57.4 Å². The van der Waals surface area contributed by atoms with E-state index in [2.05, 4.69) is 9.31 Å². The zero-order valence-corrected chi connectivity index (χ0v) is 10.5. The van der Waals surface area contributed by atoms with Crippen molar-refractivity contribution < 1.29 is 70.6 Å². The Hall–Kier alpha value is 0.810. The minimum atomic E-state index is -1.85. The molecule has 0 aliphatic heterocycles. The molecule has 11 heteroatoms. The normalized spacial score (nSPS) is 8.40. The van der Waals surface area contributed by atoms with Crippen LogP contribution in [0, 0.1) is 0 Å². The third-order valence-electron chi connectivity index (χ3n) is 0.717. The Morgan fingerprint density at radius 3 is 1.20 bits per heavy atom. The summed E-state index contributed by atoms with van der Waals surface area (Å²) < 4.78 is 8.31. The molecule has 0 saturated carbocycles. The van der Waals surface area contributed by atoms with Crippen molar-refractivity contribution in [3.63, 3.8) is 0 Å². The molecule has 0 aliphatic carbocycles. The van der Waals surface area contributed by atoms with Crippen LogP contribution in [0.4, 0.5) is 0 Å². The van der Waals surface area contributed by atoms with Crippen LogP contribution < -0.4 is 29.6 Å². The molecule has 8 nitrogen and oxygen atoms in total. The molecule has 0 bridgehead atoms. The van der Waals surface area contributed by atoms with Crippen LogP contribution in [0.3, 0.4) is 0 Å². The molecule has 15 heavy (non-hydrogen) atoms. The van der Waals surface area contributed by atoms with Gasteiger partial charge in [-0.2, -0.15) is 0 Å². The summed E-state index contributed by atoms with van der Waals surface area (Å²) in [5, 5.41) is 47.5. The molecule has 0 rings (SSSR count). The molecule has 0 fully saturated rings. The van der Waals surface area contributed by atoms with Crippen LogP contribution in [-0.4, -0.2) is 71.4 Å². The fraction of sp³-hybridized carbons (Fsp3) is 1.00. The fourth-order valence-electron chi connectivity index (χ4n) is 0.307. The summed E-state index contributed by atoms with van der Waals surface area (Å²) >= 11 is 0. The number of hydrogen-bond acceptors (Lipinski definition) is 8. The van der Waals surface area contributed by atoms with E-state index < -0.39 is 14.6 Å². The van der Waals surface area contributed by atoms with Crippen molar-refractivity contribution in [3.05, 3.63) is 0 Å². The smallest absolute Gasteiger partial charge is 1.00 e. The molecular formula is C4H15B2NaO8. The molecule has 0 heterocycles. The topological polar surface area (TPSA) is 140 Å². The minimum Gasteiger partial charge on any atom is -1.00 e. The second kappa shape index (κ2) is 17.2. The Balaban J connectivity index is -0.000000105. The Morgan fingerprint density at radius 2 is 1.07 bits per heavy atom. The summed E-state index contributed by atoms with van der Waals surface area (Å²) in [6.45, 7) is -0.482. The van der Waals surface area contributed by atoms with E-state index in [1.807, 2.05) is 0 Å². The second-order valence-electron chi connectivity index (χ2n) is 1.84. The van der Waals surface area contributed by atoms with E-state index in [0.29, 0.717) is 0 Å². The number of rotatable bonds is 6. The summed E-state index contributed by atoms with van der Waals surface area (Å²) in [7, 11) is -3.70. The van der Waals surface area contributed by atoms with Gasteiger partial charge in [0, 0.05) is 0 Å². The molecular weight excluding hydrogens is 221 g/mol. The predicted molar refractivity (Wildman–Crippen MR) is 47.6 cm³/mol. The fourth-order valence-corrected chi connectivity index (χ4v) is 0.307. The van der Waals surface area contributed by atoms with Gasteiger partial charge in [0.1, 0.15) is 0 Å². The predicted octanol–water partition coefficient (Wildman–Crippen LogP) is -6.95. The summed E-state index contributed by atoms with van der Waals surface area (Å²) in [4.78, 5) is 0. The number of aliphatic hydroxyl groups is 2. The molecule has 0 aromatic heterocycles. The quantitative estimate of drug-likeness (QED) is 0.197. The van der Waals surface area contributed by atoms with Crippen molar-refractivity contribution in [1.29, 1.82) is 0 Å². The van der Waals surface area contributed by atoms with E-state index in [4.69, 9.17) is 30.3 Å². The summed E-state index contributed by atoms with van der Waals surface area (Å²) in [6.07, 6.45) is 0. The van der Waals surface area contributed by atoms with Crippen molar-refractivity contribution >= 4 is 14.6 Å². The van der Waals surface area contributed by atoms with Crippen LogP contribution in [0.25, 0.3) is 0 Å². The van der Waals surface area contributed by atoms with Crippen LogP contribution in [0.5, 0.6) is 0 Å². The zero-order chi connectivity index (χ0) is 11.4. The van der Waals surface area contributed by atoms with Gasteiger partial charge in [-0.25, -0.2) is 0 Å². The first-order chi connectivity index (χ1) is 6.54. The Kier molecular flexibility index (Phi) is 24.2. The molecule has 0 amide bonds. The van der Waals surface area contributed by atoms with Crippen LogP contribution in [-0.2, 0) is 9.31 Å². The van der Waals surface area contributed by atoms with Gasteiger partial charge < -0.3 is 41.0 Å². The average Bonchev–Trinajstić information content (AvgIpc) is 2.12.